The van der Waals surface area contributed by atoms with Gasteiger partial charge in [-0.2, -0.15) is 0 Å². The number of aliphatic hydroxyl groups is 2. The Kier molecular flexibility index (Phi) is 35.1. The lowest BCUT2D eigenvalue weighted by molar-refractivity contribution is -0.161. The number of hydrogen-bond donors (Lipinski definition) is 4. The first kappa shape index (κ1) is 51.1. The highest BCUT2D eigenvalue weighted by Gasteiger charge is 2.23. The van der Waals surface area contributed by atoms with E-state index in [0.29, 0.717) is 25.7 Å². The maximum absolute atomic E-state index is 12.4. The molecule has 0 aromatic rings. The van der Waals surface area contributed by atoms with Gasteiger partial charge >= 0.3 is 19.8 Å². The second-order valence-electron chi connectivity index (χ2n) is 13.3. The molecule has 308 valence electrons. The number of esters is 2. The van der Waals surface area contributed by atoms with E-state index in [1.54, 1.807) is 36.5 Å². The van der Waals surface area contributed by atoms with Gasteiger partial charge in [-0.1, -0.05) is 137 Å². The van der Waals surface area contributed by atoms with E-state index in [1.807, 2.05) is 6.08 Å². The summed E-state index contributed by atoms with van der Waals surface area (Å²) < 4.78 is 26.2. The molecule has 11 heteroatoms. The largest absolute Gasteiger partial charge is 0.469 e. The van der Waals surface area contributed by atoms with Gasteiger partial charge < -0.3 is 29.5 Å². The van der Waals surface area contributed by atoms with E-state index in [2.05, 4.69) is 60.9 Å². The molecule has 0 unspecified atom stereocenters. The Bertz CT molecular complexity index is 1180. The van der Waals surface area contributed by atoms with Crippen molar-refractivity contribution in [2.45, 2.75) is 161 Å². The quantitative estimate of drug-likeness (QED) is 0.0160. The molecule has 3 atom stereocenters. The van der Waals surface area contributed by atoms with Crippen molar-refractivity contribution >= 4 is 19.8 Å². The second-order valence-corrected chi connectivity index (χ2v) is 14.5. The molecule has 4 N–H and O–H groups in total. The van der Waals surface area contributed by atoms with Crippen LogP contribution in [0.5, 0.6) is 0 Å². The van der Waals surface area contributed by atoms with Crippen molar-refractivity contribution < 1.29 is 48.2 Å². The summed E-state index contributed by atoms with van der Waals surface area (Å²) >= 11 is 0. The number of allylic oxidation sites excluding steroid dienone is 11. The van der Waals surface area contributed by atoms with Crippen LogP contribution in [-0.2, 0) is 28.2 Å². The zero-order chi connectivity index (χ0) is 40.0. The summed E-state index contributed by atoms with van der Waals surface area (Å²) in [5.74, 6) is -1.16. The number of phosphoric acid groups is 1. The van der Waals surface area contributed by atoms with Gasteiger partial charge in [-0.25, -0.2) is 4.57 Å². The molecule has 0 aliphatic rings. The predicted octanol–water partition coefficient (Wildman–Crippen LogP) is 10.0. The number of carbonyl (C=O) groups is 2. The van der Waals surface area contributed by atoms with E-state index >= 15 is 0 Å². The molecule has 0 spiro atoms. The smallest absolute Gasteiger partial charge is 0.462 e. The van der Waals surface area contributed by atoms with E-state index in [-0.39, 0.29) is 12.8 Å². The first-order valence-corrected chi connectivity index (χ1v) is 21.6. The number of unbranched alkanes of at least 4 members (excludes halogenated alkanes) is 10. The molecule has 0 amide bonds. The van der Waals surface area contributed by atoms with Gasteiger partial charge in [0.1, 0.15) is 6.61 Å². The van der Waals surface area contributed by atoms with Crippen LogP contribution in [0.4, 0.5) is 0 Å². The third kappa shape index (κ3) is 38.9. The lowest BCUT2D eigenvalue weighted by Gasteiger charge is -2.18. The SMILES string of the molecule is CCCCC/C=C\C/C=C\C/C=C\CCCCCCC(=O)O[C@H](COC(=O)CCC[C@H](O)\C=C/C=C/C=C/[C@H](O)C/C=C\CCCCC)COP(=O)(O)O. The van der Waals surface area contributed by atoms with Crippen molar-refractivity contribution in [3.63, 3.8) is 0 Å². The molecule has 0 radical (unpaired) electrons. The van der Waals surface area contributed by atoms with E-state index < -0.39 is 51.3 Å². The Balaban J connectivity index is 4.27. The van der Waals surface area contributed by atoms with Crippen LogP contribution >= 0.6 is 7.82 Å². The predicted molar refractivity (Wildman–Crippen MR) is 219 cm³/mol. The fourth-order valence-corrected chi connectivity index (χ4v) is 5.34. The minimum Gasteiger partial charge on any atom is -0.462 e. The van der Waals surface area contributed by atoms with Crippen molar-refractivity contribution in [1.82, 2.24) is 0 Å². The zero-order valence-corrected chi connectivity index (χ0v) is 34.0. The van der Waals surface area contributed by atoms with Crippen LogP contribution < -0.4 is 0 Å². The summed E-state index contributed by atoms with van der Waals surface area (Å²) in [6.45, 7) is 3.35. The summed E-state index contributed by atoms with van der Waals surface area (Å²) in [5.41, 5.74) is 0. The molecule has 0 aliphatic carbocycles. The zero-order valence-electron chi connectivity index (χ0n) is 33.1. The molecule has 10 nitrogen and oxygen atoms in total. The van der Waals surface area contributed by atoms with Crippen LogP contribution in [0.2, 0.25) is 0 Å². The highest BCUT2D eigenvalue weighted by Crippen LogP contribution is 2.36. The average Bonchev–Trinajstić information content (AvgIpc) is 3.13. The Labute approximate surface area is 326 Å². The van der Waals surface area contributed by atoms with E-state index in [9.17, 15) is 24.4 Å². The third-order valence-corrected chi connectivity index (χ3v) is 8.56. The monoisotopic (exact) mass is 778 g/mol. The topological polar surface area (TPSA) is 160 Å². The van der Waals surface area contributed by atoms with Gasteiger partial charge in [-0.05, 0) is 77.0 Å². The molecular weight excluding hydrogens is 707 g/mol. The number of aliphatic hydroxyl groups excluding tert-OH is 2. The van der Waals surface area contributed by atoms with Crippen LogP contribution in [0, 0.1) is 0 Å². The van der Waals surface area contributed by atoms with E-state index in [0.717, 1.165) is 51.4 Å². The summed E-state index contributed by atoms with van der Waals surface area (Å²) in [5, 5.41) is 20.2. The van der Waals surface area contributed by atoms with E-state index in [4.69, 9.17) is 19.3 Å². The Morgan fingerprint density at radius 1 is 0.593 bits per heavy atom. The summed E-state index contributed by atoms with van der Waals surface area (Å²) in [6, 6.07) is 0. The van der Waals surface area contributed by atoms with Crippen molar-refractivity contribution in [3.8, 4) is 0 Å². The standard InChI is InChI=1S/C43H71O10P/c1-3-5-7-9-11-12-13-14-15-16-17-18-19-20-21-23-29-35-43(47)53-41(38-52-54(48,49)50)37-51-42(46)36-30-34-40(45)33-28-25-24-27-32-39(44)31-26-22-10-8-6-4-2/h11-12,14-15,17-18,22,24-28,32-33,39-41,44-45H,3-10,13,16,19-21,23,29-31,34-38H2,1-2H3,(H2,48,49,50)/b12-11-,15-14-,18-17-,25-24+,26-22-,32-27+,33-28-/t39-,40-,41-/m1/s1. The van der Waals surface area contributed by atoms with Gasteiger partial charge in [0.15, 0.2) is 6.10 Å². The molecule has 0 heterocycles. The molecule has 0 fully saturated rings. The van der Waals surface area contributed by atoms with Crippen molar-refractivity contribution in [1.29, 1.82) is 0 Å². The van der Waals surface area contributed by atoms with Crippen molar-refractivity contribution in [2.75, 3.05) is 13.2 Å². The molecule has 0 aliphatic heterocycles. The fraction of sp³-hybridized carbons (Fsp3) is 0.628. The molecule has 0 saturated heterocycles. The molecule has 0 aromatic heterocycles. The fourth-order valence-electron chi connectivity index (χ4n) is 4.98. The highest BCUT2D eigenvalue weighted by atomic mass is 31.2. The minimum atomic E-state index is -4.82. The second kappa shape index (κ2) is 37.1. The van der Waals surface area contributed by atoms with Crippen LogP contribution in [0.25, 0.3) is 0 Å². The average molecular weight is 779 g/mol. The number of hydrogen-bond acceptors (Lipinski definition) is 8. The molecule has 0 aromatic carbocycles. The highest BCUT2D eigenvalue weighted by molar-refractivity contribution is 7.46. The first-order chi connectivity index (χ1) is 26.1. The van der Waals surface area contributed by atoms with Gasteiger partial charge in [-0.3, -0.25) is 14.1 Å². The third-order valence-electron chi connectivity index (χ3n) is 8.08. The Morgan fingerprint density at radius 3 is 1.70 bits per heavy atom. The molecule has 54 heavy (non-hydrogen) atoms. The van der Waals surface area contributed by atoms with Gasteiger partial charge in [0, 0.05) is 12.8 Å². The number of ether oxygens (including phenoxy) is 2. The normalized spacial score (nSPS) is 14.6. The minimum absolute atomic E-state index is 0.00280. The lowest BCUT2D eigenvalue weighted by Crippen LogP contribution is -2.29. The van der Waals surface area contributed by atoms with Gasteiger partial charge in [0.2, 0.25) is 0 Å². The van der Waals surface area contributed by atoms with Crippen molar-refractivity contribution in [3.05, 3.63) is 85.1 Å². The van der Waals surface area contributed by atoms with Gasteiger partial charge in [-0.15, -0.1) is 0 Å². The maximum Gasteiger partial charge on any atom is 0.469 e. The summed E-state index contributed by atoms with van der Waals surface area (Å²) in [7, 11) is -4.82. The van der Waals surface area contributed by atoms with Crippen LogP contribution in [0.1, 0.15) is 142 Å². The van der Waals surface area contributed by atoms with Crippen LogP contribution in [0.15, 0.2) is 85.1 Å². The van der Waals surface area contributed by atoms with Crippen LogP contribution in [0.3, 0.4) is 0 Å². The number of carbonyl (C=O) groups excluding carboxylic acids is 2. The van der Waals surface area contributed by atoms with Crippen LogP contribution in [-0.4, -0.2) is 63.5 Å². The van der Waals surface area contributed by atoms with E-state index in [1.165, 1.54) is 38.5 Å². The summed E-state index contributed by atoms with van der Waals surface area (Å²) in [4.78, 5) is 42.8. The number of rotatable bonds is 35. The Morgan fingerprint density at radius 2 is 1.11 bits per heavy atom. The molecule has 0 saturated carbocycles. The maximum atomic E-state index is 12.4. The van der Waals surface area contributed by atoms with Gasteiger partial charge in [0.05, 0.1) is 18.8 Å². The molecular formula is C43H71O10P. The lowest BCUT2D eigenvalue weighted by atomic mass is 10.1. The molecule has 0 rings (SSSR count). The summed E-state index contributed by atoms with van der Waals surface area (Å²) in [6.07, 6.45) is 42.1. The Hall–Kier alpha value is -2.85. The number of phosphoric ester groups is 1. The molecule has 0 bridgehead atoms. The van der Waals surface area contributed by atoms with Gasteiger partial charge in [0.25, 0.3) is 0 Å². The first-order valence-electron chi connectivity index (χ1n) is 20.1. The van der Waals surface area contributed by atoms with Crippen molar-refractivity contribution in [2.24, 2.45) is 0 Å².